The third-order valence-corrected chi connectivity index (χ3v) is 5.71. The first-order chi connectivity index (χ1) is 13.4. The molecule has 1 aromatic heterocycles. The Bertz CT molecular complexity index is 855. The summed E-state index contributed by atoms with van der Waals surface area (Å²) in [4.78, 5) is 41.7. The zero-order valence-electron chi connectivity index (χ0n) is 15.8. The minimum atomic E-state index is -0.496. The Hall–Kier alpha value is -2.71. The minimum Gasteiger partial charge on any atom is -0.366 e. The van der Waals surface area contributed by atoms with Crippen molar-refractivity contribution in [2.45, 2.75) is 13.3 Å². The van der Waals surface area contributed by atoms with E-state index in [1.165, 1.54) is 11.3 Å². The first-order valence-corrected chi connectivity index (χ1v) is 10.0. The van der Waals surface area contributed by atoms with Gasteiger partial charge in [-0.05, 0) is 43.3 Å². The lowest BCUT2D eigenvalue weighted by Crippen LogP contribution is -2.49. The molecule has 0 unspecified atom stereocenters. The van der Waals surface area contributed by atoms with Crippen LogP contribution in [0, 0.1) is 6.92 Å². The number of hydrogen-bond acceptors (Lipinski definition) is 5. The predicted molar refractivity (Wildman–Crippen MR) is 110 cm³/mol. The van der Waals surface area contributed by atoms with Crippen LogP contribution < -0.4 is 11.1 Å². The van der Waals surface area contributed by atoms with Crippen LogP contribution >= 0.6 is 11.3 Å². The number of carbonyl (C=O) groups excluding carboxylic acids is 3. The summed E-state index contributed by atoms with van der Waals surface area (Å²) in [7, 11) is 0. The van der Waals surface area contributed by atoms with Gasteiger partial charge in [-0.1, -0.05) is 0 Å². The van der Waals surface area contributed by atoms with E-state index in [-0.39, 0.29) is 11.8 Å². The van der Waals surface area contributed by atoms with Crippen LogP contribution in [-0.4, -0.2) is 60.2 Å². The van der Waals surface area contributed by atoms with Gasteiger partial charge in [0.25, 0.3) is 5.91 Å². The number of carbonyl (C=O) groups is 3. The summed E-state index contributed by atoms with van der Waals surface area (Å²) in [6.45, 7) is 5.51. The summed E-state index contributed by atoms with van der Waals surface area (Å²) in [5.41, 5.74) is 6.24. The van der Waals surface area contributed by atoms with E-state index < -0.39 is 5.91 Å². The van der Waals surface area contributed by atoms with Gasteiger partial charge in [-0.25, -0.2) is 0 Å². The highest BCUT2D eigenvalue weighted by molar-refractivity contribution is 7.13. The molecule has 28 heavy (non-hydrogen) atoms. The van der Waals surface area contributed by atoms with E-state index in [1.54, 1.807) is 24.3 Å². The third-order valence-electron chi connectivity index (χ3n) is 4.72. The summed E-state index contributed by atoms with van der Waals surface area (Å²) in [5.74, 6) is -0.487. The van der Waals surface area contributed by atoms with Gasteiger partial charge >= 0.3 is 0 Å². The molecule has 3 amide bonds. The molecule has 0 radical (unpaired) electrons. The van der Waals surface area contributed by atoms with E-state index >= 15 is 0 Å². The van der Waals surface area contributed by atoms with Crippen molar-refractivity contribution in [1.29, 1.82) is 0 Å². The maximum Gasteiger partial charge on any atom is 0.264 e. The Kier molecular flexibility index (Phi) is 6.43. The Morgan fingerprint density at radius 3 is 2.29 bits per heavy atom. The fraction of sp³-hybridized carbons (Fsp3) is 0.350. The highest BCUT2D eigenvalue weighted by Crippen LogP contribution is 2.18. The lowest BCUT2D eigenvalue weighted by atomic mass is 10.2. The number of nitrogens with one attached hydrogen (secondary N) is 1. The summed E-state index contributed by atoms with van der Waals surface area (Å²) < 4.78 is 0. The number of thiophene rings is 1. The van der Waals surface area contributed by atoms with Crippen LogP contribution in [-0.2, 0) is 4.79 Å². The van der Waals surface area contributed by atoms with Crippen molar-refractivity contribution >= 4 is 34.7 Å². The number of piperazine rings is 1. The Morgan fingerprint density at radius 1 is 1.04 bits per heavy atom. The van der Waals surface area contributed by atoms with E-state index in [0.717, 1.165) is 22.8 Å². The predicted octanol–water partition coefficient (Wildman–Crippen LogP) is 1.94. The zero-order valence-corrected chi connectivity index (χ0v) is 16.6. The average molecular weight is 401 g/mol. The fourth-order valence-electron chi connectivity index (χ4n) is 3.08. The van der Waals surface area contributed by atoms with Crippen molar-refractivity contribution in [2.75, 3.05) is 38.0 Å². The van der Waals surface area contributed by atoms with Crippen LogP contribution in [0.5, 0.6) is 0 Å². The summed E-state index contributed by atoms with van der Waals surface area (Å²) in [6, 6.07) is 10.3. The number of benzene rings is 1. The van der Waals surface area contributed by atoms with Gasteiger partial charge in [0.1, 0.15) is 0 Å². The highest BCUT2D eigenvalue weighted by atomic mass is 32.1. The molecule has 7 nitrogen and oxygen atoms in total. The lowest BCUT2D eigenvalue weighted by molar-refractivity contribution is -0.116. The monoisotopic (exact) mass is 400 g/mol. The van der Waals surface area contributed by atoms with Crippen molar-refractivity contribution in [1.82, 2.24) is 9.80 Å². The molecular formula is C20H24N4O3S. The first kappa shape index (κ1) is 20.0. The molecule has 1 aliphatic heterocycles. The van der Waals surface area contributed by atoms with Crippen LogP contribution in [0.15, 0.2) is 36.4 Å². The van der Waals surface area contributed by atoms with Crippen LogP contribution in [0.1, 0.15) is 31.3 Å². The van der Waals surface area contributed by atoms with E-state index in [2.05, 4.69) is 10.2 Å². The first-order valence-electron chi connectivity index (χ1n) is 9.20. The van der Waals surface area contributed by atoms with E-state index in [1.807, 2.05) is 24.0 Å². The summed E-state index contributed by atoms with van der Waals surface area (Å²) in [6.07, 6.45) is 0.371. The van der Waals surface area contributed by atoms with Crippen LogP contribution in [0.4, 0.5) is 5.69 Å². The molecule has 0 atom stereocenters. The number of anilines is 1. The van der Waals surface area contributed by atoms with Gasteiger partial charge in [0.15, 0.2) is 0 Å². The van der Waals surface area contributed by atoms with Gasteiger partial charge in [-0.3, -0.25) is 19.3 Å². The third kappa shape index (κ3) is 5.17. The molecule has 0 bridgehead atoms. The Balaban J connectivity index is 1.40. The number of primary amides is 1. The van der Waals surface area contributed by atoms with Gasteiger partial charge in [0.2, 0.25) is 11.8 Å². The van der Waals surface area contributed by atoms with Crippen molar-refractivity contribution in [3.8, 4) is 0 Å². The number of rotatable bonds is 6. The smallest absolute Gasteiger partial charge is 0.264 e. The molecule has 1 fully saturated rings. The van der Waals surface area contributed by atoms with Crippen molar-refractivity contribution < 1.29 is 14.4 Å². The van der Waals surface area contributed by atoms with Gasteiger partial charge < -0.3 is 16.0 Å². The molecule has 0 aliphatic carbocycles. The zero-order chi connectivity index (χ0) is 20.1. The molecule has 2 heterocycles. The second kappa shape index (κ2) is 8.99. The van der Waals surface area contributed by atoms with Crippen molar-refractivity contribution in [3.05, 3.63) is 51.7 Å². The summed E-state index contributed by atoms with van der Waals surface area (Å²) in [5, 5.41) is 2.82. The molecule has 148 valence electrons. The summed E-state index contributed by atoms with van der Waals surface area (Å²) >= 11 is 1.52. The number of amides is 3. The number of hydrogen-bond donors (Lipinski definition) is 2. The molecule has 3 N–H and O–H groups in total. The maximum absolute atomic E-state index is 12.5. The molecule has 1 saturated heterocycles. The van der Waals surface area contributed by atoms with E-state index in [4.69, 9.17) is 5.73 Å². The average Bonchev–Trinajstić information content (AvgIpc) is 3.13. The number of nitrogens with zero attached hydrogens (tertiary/aromatic N) is 2. The van der Waals surface area contributed by atoms with Gasteiger partial charge in [-0.15, -0.1) is 11.3 Å². The van der Waals surface area contributed by atoms with Gasteiger partial charge in [0, 0.05) is 55.3 Å². The molecule has 3 rings (SSSR count). The van der Waals surface area contributed by atoms with Crippen LogP contribution in [0.25, 0.3) is 0 Å². The molecule has 1 aromatic carbocycles. The molecule has 8 heteroatoms. The molecule has 1 aliphatic rings. The minimum absolute atomic E-state index is 0.0839. The number of nitrogens with two attached hydrogens (primary N) is 1. The normalized spacial score (nSPS) is 14.7. The topological polar surface area (TPSA) is 95.7 Å². The van der Waals surface area contributed by atoms with Crippen molar-refractivity contribution in [2.24, 2.45) is 5.73 Å². The highest BCUT2D eigenvalue weighted by Gasteiger charge is 2.23. The van der Waals surface area contributed by atoms with Gasteiger partial charge in [0.05, 0.1) is 4.88 Å². The quantitative estimate of drug-likeness (QED) is 0.775. The largest absolute Gasteiger partial charge is 0.366 e. The molecule has 0 spiro atoms. The second-order valence-corrected chi connectivity index (χ2v) is 8.07. The standard InChI is InChI=1S/C20H24N4O3S/c1-14-2-7-17(28-14)20(27)24-12-10-23(11-13-24)9-8-18(25)22-16-5-3-15(4-6-16)19(21)26/h2-7H,8-13H2,1H3,(H2,21,26)(H,22,25). The Morgan fingerprint density at radius 2 is 1.71 bits per heavy atom. The van der Waals surface area contributed by atoms with E-state index in [0.29, 0.717) is 37.3 Å². The fourth-order valence-corrected chi connectivity index (χ4v) is 3.92. The van der Waals surface area contributed by atoms with Crippen molar-refractivity contribution in [3.63, 3.8) is 0 Å². The number of aryl methyl sites for hydroxylation is 1. The maximum atomic E-state index is 12.5. The van der Waals surface area contributed by atoms with Crippen LogP contribution in [0.2, 0.25) is 0 Å². The molecular weight excluding hydrogens is 376 g/mol. The van der Waals surface area contributed by atoms with Crippen LogP contribution in [0.3, 0.4) is 0 Å². The second-order valence-electron chi connectivity index (χ2n) is 6.78. The SMILES string of the molecule is Cc1ccc(C(=O)N2CCN(CCC(=O)Nc3ccc(C(N)=O)cc3)CC2)s1. The Labute approximate surface area is 168 Å². The van der Waals surface area contributed by atoms with E-state index in [9.17, 15) is 14.4 Å². The molecule has 2 aromatic rings. The lowest BCUT2D eigenvalue weighted by Gasteiger charge is -2.34. The van der Waals surface area contributed by atoms with Gasteiger partial charge in [-0.2, -0.15) is 0 Å². The molecule has 0 saturated carbocycles.